The Labute approximate surface area is 118 Å². The third kappa shape index (κ3) is 4.13. The van der Waals surface area contributed by atoms with Gasteiger partial charge in [0, 0.05) is 17.7 Å². The molecule has 0 saturated carbocycles. The van der Waals surface area contributed by atoms with Gasteiger partial charge in [-0.3, -0.25) is 9.59 Å². The van der Waals surface area contributed by atoms with Crippen LogP contribution in [-0.4, -0.2) is 27.2 Å². The van der Waals surface area contributed by atoms with Crippen LogP contribution < -0.4 is 10.9 Å². The highest BCUT2D eigenvalue weighted by Gasteiger charge is 2.06. The smallest absolute Gasteiger partial charge is 0.328 e. The summed E-state index contributed by atoms with van der Waals surface area (Å²) in [7, 11) is 0. The number of rotatable bonds is 4. The van der Waals surface area contributed by atoms with E-state index in [1.165, 1.54) is 18.2 Å². The van der Waals surface area contributed by atoms with Crippen molar-refractivity contribution in [2.75, 3.05) is 5.32 Å². The van der Waals surface area contributed by atoms with E-state index in [0.29, 0.717) is 11.1 Å². The normalized spacial score (nSPS) is 10.5. The molecule has 106 valence electrons. The summed E-state index contributed by atoms with van der Waals surface area (Å²) in [6, 6.07) is 9.00. The van der Waals surface area contributed by atoms with Crippen molar-refractivity contribution in [2.24, 2.45) is 0 Å². The molecule has 0 aliphatic rings. The average Bonchev–Trinajstić information content (AvgIpc) is 2.48. The Kier molecular flexibility index (Phi) is 4.25. The van der Waals surface area contributed by atoms with Crippen molar-refractivity contribution in [3.63, 3.8) is 0 Å². The van der Waals surface area contributed by atoms with Gasteiger partial charge >= 0.3 is 5.97 Å². The van der Waals surface area contributed by atoms with E-state index in [4.69, 9.17) is 5.11 Å². The molecule has 0 aliphatic heterocycles. The van der Waals surface area contributed by atoms with Crippen LogP contribution in [0.3, 0.4) is 0 Å². The van der Waals surface area contributed by atoms with Crippen molar-refractivity contribution in [1.82, 2.24) is 10.2 Å². The number of aromatic amines is 1. The molecule has 3 N–H and O–H groups in total. The highest BCUT2D eigenvalue weighted by Crippen LogP contribution is 2.08. The largest absolute Gasteiger partial charge is 0.478 e. The van der Waals surface area contributed by atoms with Crippen LogP contribution in [0.2, 0.25) is 0 Å². The standard InChI is InChI=1S/C14H11N3O4/c18-12-7-6-11(16-17-12)15-14(21)10-4-1-9(2-5-10)3-8-13(19)20/h1-8H,(H,17,18)(H,19,20)(H,15,16,21)/b8-3+. The van der Waals surface area contributed by atoms with Crippen molar-refractivity contribution in [1.29, 1.82) is 0 Å². The number of carbonyl (C=O) groups is 2. The molecule has 1 heterocycles. The summed E-state index contributed by atoms with van der Waals surface area (Å²) >= 11 is 0. The first kappa shape index (κ1) is 14.2. The van der Waals surface area contributed by atoms with Crippen molar-refractivity contribution in [3.05, 3.63) is 64.0 Å². The Morgan fingerprint density at radius 1 is 1.14 bits per heavy atom. The van der Waals surface area contributed by atoms with Gasteiger partial charge in [-0.05, 0) is 29.8 Å². The van der Waals surface area contributed by atoms with E-state index in [2.05, 4.69) is 15.5 Å². The minimum atomic E-state index is -1.04. The summed E-state index contributed by atoms with van der Waals surface area (Å²) in [5.74, 6) is -1.20. The van der Waals surface area contributed by atoms with Crippen LogP contribution >= 0.6 is 0 Å². The lowest BCUT2D eigenvalue weighted by molar-refractivity contribution is -0.131. The molecule has 0 fully saturated rings. The minimum Gasteiger partial charge on any atom is -0.478 e. The third-order valence-corrected chi connectivity index (χ3v) is 2.51. The number of nitrogens with zero attached hydrogens (tertiary/aromatic N) is 1. The van der Waals surface area contributed by atoms with Crippen molar-refractivity contribution >= 4 is 23.8 Å². The fourth-order valence-corrected chi connectivity index (χ4v) is 1.52. The molecule has 0 atom stereocenters. The van der Waals surface area contributed by atoms with Gasteiger partial charge in [-0.25, -0.2) is 9.89 Å². The second-order valence-electron chi connectivity index (χ2n) is 4.05. The molecular weight excluding hydrogens is 274 g/mol. The van der Waals surface area contributed by atoms with Gasteiger partial charge in [0.15, 0.2) is 5.82 Å². The van der Waals surface area contributed by atoms with E-state index in [-0.39, 0.29) is 17.3 Å². The molecule has 1 aromatic carbocycles. The minimum absolute atomic E-state index is 0.231. The molecular formula is C14H11N3O4. The molecule has 1 aromatic heterocycles. The molecule has 7 nitrogen and oxygen atoms in total. The maximum Gasteiger partial charge on any atom is 0.328 e. The summed E-state index contributed by atoms with van der Waals surface area (Å²) in [5.41, 5.74) is 0.689. The van der Waals surface area contributed by atoms with Gasteiger partial charge in [0.1, 0.15) is 0 Å². The average molecular weight is 285 g/mol. The SMILES string of the molecule is O=C(O)/C=C/c1ccc(C(=O)Nc2ccc(=O)[nH]n2)cc1. The van der Waals surface area contributed by atoms with Crippen LogP contribution in [-0.2, 0) is 4.79 Å². The first-order valence-electron chi connectivity index (χ1n) is 5.93. The number of hydrogen-bond acceptors (Lipinski definition) is 4. The summed E-state index contributed by atoms with van der Waals surface area (Å²) in [6.07, 6.45) is 2.44. The summed E-state index contributed by atoms with van der Waals surface area (Å²) in [5, 5.41) is 16.9. The van der Waals surface area contributed by atoms with Crippen LogP contribution in [0.4, 0.5) is 5.82 Å². The third-order valence-electron chi connectivity index (χ3n) is 2.51. The number of amides is 1. The number of aliphatic carboxylic acids is 1. The predicted octanol–water partition coefficient (Wildman–Crippen LogP) is 1.12. The van der Waals surface area contributed by atoms with Gasteiger partial charge in [0.2, 0.25) is 0 Å². The summed E-state index contributed by atoms with van der Waals surface area (Å²) in [4.78, 5) is 33.2. The quantitative estimate of drug-likeness (QED) is 0.729. The molecule has 7 heteroatoms. The zero-order valence-corrected chi connectivity index (χ0v) is 10.7. The number of H-pyrrole nitrogens is 1. The molecule has 0 spiro atoms. The summed E-state index contributed by atoms with van der Waals surface area (Å²) < 4.78 is 0. The molecule has 1 amide bonds. The predicted molar refractivity (Wildman–Crippen MR) is 75.9 cm³/mol. The van der Waals surface area contributed by atoms with Crippen LogP contribution in [0.1, 0.15) is 15.9 Å². The molecule has 21 heavy (non-hydrogen) atoms. The highest BCUT2D eigenvalue weighted by molar-refractivity contribution is 6.03. The second-order valence-corrected chi connectivity index (χ2v) is 4.05. The van der Waals surface area contributed by atoms with Gasteiger partial charge in [-0.1, -0.05) is 12.1 Å². The van der Waals surface area contributed by atoms with Gasteiger partial charge in [0.05, 0.1) is 0 Å². The number of carboxylic acids is 1. The lowest BCUT2D eigenvalue weighted by Gasteiger charge is -2.03. The number of nitrogens with one attached hydrogen (secondary N) is 2. The van der Waals surface area contributed by atoms with Gasteiger partial charge in [-0.15, -0.1) is 0 Å². The lowest BCUT2D eigenvalue weighted by Crippen LogP contribution is -2.15. The van der Waals surface area contributed by atoms with E-state index in [0.717, 1.165) is 6.08 Å². The summed E-state index contributed by atoms with van der Waals surface area (Å²) in [6.45, 7) is 0. The van der Waals surface area contributed by atoms with Crippen molar-refractivity contribution in [3.8, 4) is 0 Å². The van der Waals surface area contributed by atoms with Gasteiger partial charge in [0.25, 0.3) is 11.5 Å². The zero-order valence-electron chi connectivity index (χ0n) is 10.7. The second kappa shape index (κ2) is 6.29. The van der Waals surface area contributed by atoms with Crippen LogP contribution in [0.5, 0.6) is 0 Å². The number of carboxylic acid groups (broad SMARTS) is 1. The number of carbonyl (C=O) groups excluding carboxylic acids is 1. The zero-order chi connectivity index (χ0) is 15.2. The molecule has 0 saturated heterocycles. The first-order valence-corrected chi connectivity index (χ1v) is 5.93. The molecule has 2 rings (SSSR count). The Morgan fingerprint density at radius 2 is 1.86 bits per heavy atom. The van der Waals surface area contributed by atoms with Gasteiger partial charge < -0.3 is 10.4 Å². The van der Waals surface area contributed by atoms with E-state index in [1.54, 1.807) is 24.3 Å². The molecule has 0 bridgehead atoms. The highest BCUT2D eigenvalue weighted by atomic mass is 16.4. The maximum absolute atomic E-state index is 11.9. The first-order chi connectivity index (χ1) is 10.0. The number of hydrogen-bond donors (Lipinski definition) is 3. The Bertz CT molecular complexity index is 727. The Balaban J connectivity index is 2.07. The molecule has 0 radical (unpaired) electrons. The van der Waals surface area contributed by atoms with Gasteiger partial charge in [-0.2, -0.15) is 5.10 Å². The number of anilines is 1. The molecule has 2 aromatic rings. The van der Waals surface area contributed by atoms with Crippen molar-refractivity contribution < 1.29 is 14.7 Å². The van der Waals surface area contributed by atoms with Crippen molar-refractivity contribution in [2.45, 2.75) is 0 Å². The number of aromatic nitrogens is 2. The molecule has 0 unspecified atom stereocenters. The Hall–Kier alpha value is -3.22. The Morgan fingerprint density at radius 3 is 2.43 bits per heavy atom. The fourth-order valence-electron chi connectivity index (χ4n) is 1.52. The monoisotopic (exact) mass is 285 g/mol. The van der Waals surface area contributed by atoms with E-state index in [1.807, 2.05) is 0 Å². The fraction of sp³-hybridized carbons (Fsp3) is 0. The van der Waals surface area contributed by atoms with Crippen LogP contribution in [0, 0.1) is 0 Å². The van der Waals surface area contributed by atoms with E-state index < -0.39 is 5.97 Å². The van der Waals surface area contributed by atoms with E-state index in [9.17, 15) is 14.4 Å². The van der Waals surface area contributed by atoms with Crippen LogP contribution in [0.15, 0.2) is 47.3 Å². The lowest BCUT2D eigenvalue weighted by atomic mass is 10.1. The maximum atomic E-state index is 11.9. The molecule has 0 aliphatic carbocycles. The number of benzene rings is 1. The topological polar surface area (TPSA) is 112 Å². The van der Waals surface area contributed by atoms with Crippen LogP contribution in [0.25, 0.3) is 6.08 Å². The van der Waals surface area contributed by atoms with E-state index >= 15 is 0 Å².